The van der Waals surface area contributed by atoms with Gasteiger partial charge in [-0.15, -0.1) is 0 Å². The molecule has 1 aliphatic heterocycles. The molecule has 1 saturated heterocycles. The summed E-state index contributed by atoms with van der Waals surface area (Å²) < 4.78 is 25.3. The van der Waals surface area contributed by atoms with Gasteiger partial charge in [-0.05, 0) is 12.5 Å². The van der Waals surface area contributed by atoms with E-state index in [1.165, 1.54) is 17.0 Å². The van der Waals surface area contributed by atoms with Crippen molar-refractivity contribution in [2.24, 2.45) is 0 Å². The number of nitro groups is 1. The molecule has 0 spiro atoms. The molecule has 0 radical (unpaired) electrons. The van der Waals surface area contributed by atoms with Crippen LogP contribution in [0.1, 0.15) is 16.8 Å². The van der Waals surface area contributed by atoms with Crippen molar-refractivity contribution in [3.63, 3.8) is 0 Å². The third-order valence-electron chi connectivity index (χ3n) is 3.30. The van der Waals surface area contributed by atoms with Crippen LogP contribution in [0.2, 0.25) is 5.02 Å². The third-order valence-corrected chi connectivity index (χ3v) is 4.92. The predicted octanol–water partition coefficient (Wildman–Crippen LogP) is 1.77. The van der Waals surface area contributed by atoms with Gasteiger partial charge in [0.05, 0.1) is 16.7 Å². The zero-order chi connectivity index (χ0) is 17.4. The molecule has 11 heteroatoms. The van der Waals surface area contributed by atoms with Crippen LogP contribution in [0.15, 0.2) is 16.6 Å². The van der Waals surface area contributed by atoms with Crippen molar-refractivity contribution in [3.05, 3.63) is 37.3 Å². The van der Waals surface area contributed by atoms with Crippen molar-refractivity contribution in [2.75, 3.05) is 19.3 Å². The fourth-order valence-corrected chi connectivity index (χ4v) is 3.88. The average molecular weight is 427 g/mol. The quantitative estimate of drug-likeness (QED) is 0.583. The number of carbonyl (C=O) groups excluding carboxylic acids is 1. The first kappa shape index (κ1) is 18.1. The molecule has 8 nitrogen and oxygen atoms in total. The molecule has 0 bridgehead atoms. The van der Waals surface area contributed by atoms with Crippen LogP contribution in [0.25, 0.3) is 0 Å². The SMILES string of the molecule is CS(=O)(=O)NC1CCN(C(=O)c2cc(Br)cc([N+](=O)[O-])c2Cl)C1. The maximum absolute atomic E-state index is 12.5. The lowest BCUT2D eigenvalue weighted by Crippen LogP contribution is -2.38. The molecule has 1 fully saturated rings. The van der Waals surface area contributed by atoms with Gasteiger partial charge in [-0.1, -0.05) is 27.5 Å². The Morgan fingerprint density at radius 1 is 1.52 bits per heavy atom. The minimum absolute atomic E-state index is 0.00717. The predicted molar refractivity (Wildman–Crippen MR) is 88.1 cm³/mol. The lowest BCUT2D eigenvalue weighted by molar-refractivity contribution is -0.384. The van der Waals surface area contributed by atoms with E-state index < -0.39 is 20.9 Å². The maximum atomic E-state index is 12.5. The highest BCUT2D eigenvalue weighted by molar-refractivity contribution is 9.10. The van der Waals surface area contributed by atoms with Crippen molar-refractivity contribution in [3.8, 4) is 0 Å². The Morgan fingerprint density at radius 3 is 2.74 bits per heavy atom. The summed E-state index contributed by atoms with van der Waals surface area (Å²) in [6.45, 7) is 0.519. The fraction of sp³-hybridized carbons (Fsp3) is 0.417. The molecule has 23 heavy (non-hydrogen) atoms. The number of benzene rings is 1. The number of sulfonamides is 1. The minimum atomic E-state index is -3.36. The standard InChI is InChI=1S/C12H13BrClN3O5S/c1-23(21,22)15-8-2-3-16(6-8)12(18)9-4-7(13)5-10(11(9)14)17(19)20/h4-5,8,15H,2-3,6H2,1H3. The third kappa shape index (κ3) is 4.40. The number of nitrogens with one attached hydrogen (secondary N) is 1. The molecule has 126 valence electrons. The lowest BCUT2D eigenvalue weighted by atomic mass is 10.1. The van der Waals surface area contributed by atoms with E-state index in [1.807, 2.05) is 0 Å². The highest BCUT2D eigenvalue weighted by Crippen LogP contribution is 2.33. The minimum Gasteiger partial charge on any atom is -0.337 e. The summed E-state index contributed by atoms with van der Waals surface area (Å²) in [5.74, 6) is -0.475. The monoisotopic (exact) mass is 425 g/mol. The maximum Gasteiger partial charge on any atom is 0.289 e. The molecular weight excluding hydrogens is 414 g/mol. The van der Waals surface area contributed by atoms with Gasteiger partial charge < -0.3 is 4.90 Å². The van der Waals surface area contributed by atoms with Crippen molar-refractivity contribution < 1.29 is 18.1 Å². The summed E-state index contributed by atoms with van der Waals surface area (Å²) in [5.41, 5.74) is -0.359. The summed E-state index contributed by atoms with van der Waals surface area (Å²) in [4.78, 5) is 24.3. The second-order valence-corrected chi connectivity index (χ2v) is 8.24. The Hall–Kier alpha value is -1.23. The summed E-state index contributed by atoms with van der Waals surface area (Å²) >= 11 is 9.09. The van der Waals surface area contributed by atoms with E-state index in [4.69, 9.17) is 11.6 Å². The van der Waals surface area contributed by atoms with Gasteiger partial charge in [-0.25, -0.2) is 13.1 Å². The van der Waals surface area contributed by atoms with Crippen LogP contribution in [-0.2, 0) is 10.0 Å². The van der Waals surface area contributed by atoms with E-state index in [0.29, 0.717) is 17.4 Å². The Labute approximate surface area is 146 Å². The summed E-state index contributed by atoms with van der Waals surface area (Å²) in [6.07, 6.45) is 1.51. The number of nitro benzene ring substituents is 1. The van der Waals surface area contributed by atoms with Gasteiger partial charge in [0.25, 0.3) is 11.6 Å². The molecule has 1 aliphatic rings. The van der Waals surface area contributed by atoms with Crippen LogP contribution in [0.3, 0.4) is 0 Å². The lowest BCUT2D eigenvalue weighted by Gasteiger charge is -2.17. The second kappa shape index (κ2) is 6.71. The van der Waals surface area contributed by atoms with E-state index in [-0.39, 0.29) is 28.9 Å². The number of hydrogen-bond acceptors (Lipinski definition) is 5. The Kier molecular flexibility index (Phi) is 5.29. The molecule has 1 atom stereocenters. The number of amides is 1. The van der Waals surface area contributed by atoms with Crippen molar-refractivity contribution >= 4 is 49.1 Å². The van der Waals surface area contributed by atoms with Crippen molar-refractivity contribution in [1.82, 2.24) is 9.62 Å². The zero-order valence-electron chi connectivity index (χ0n) is 12.0. The van der Waals surface area contributed by atoms with Crippen LogP contribution in [0.4, 0.5) is 5.69 Å². The molecular formula is C12H13BrClN3O5S. The van der Waals surface area contributed by atoms with Crippen molar-refractivity contribution in [2.45, 2.75) is 12.5 Å². The van der Waals surface area contributed by atoms with Crippen LogP contribution in [-0.4, -0.2) is 49.5 Å². The molecule has 0 aliphatic carbocycles. The first-order valence-corrected chi connectivity index (χ1v) is 9.54. The highest BCUT2D eigenvalue weighted by atomic mass is 79.9. The van der Waals surface area contributed by atoms with E-state index in [1.54, 1.807) is 0 Å². The first-order valence-electron chi connectivity index (χ1n) is 6.48. The van der Waals surface area contributed by atoms with E-state index in [2.05, 4.69) is 20.7 Å². The molecule has 1 heterocycles. The zero-order valence-corrected chi connectivity index (χ0v) is 15.1. The summed E-state index contributed by atoms with van der Waals surface area (Å²) in [6, 6.07) is 2.25. The molecule has 2 rings (SSSR count). The average Bonchev–Trinajstić information content (AvgIpc) is 2.86. The van der Waals surface area contributed by atoms with Crippen LogP contribution in [0, 0.1) is 10.1 Å². The normalized spacial score (nSPS) is 18.2. The number of halogens is 2. The molecule has 1 unspecified atom stereocenters. The van der Waals surface area contributed by atoms with Crippen LogP contribution >= 0.6 is 27.5 Å². The van der Waals surface area contributed by atoms with Crippen molar-refractivity contribution in [1.29, 1.82) is 0 Å². The molecule has 1 aromatic carbocycles. The van der Waals surface area contributed by atoms with Gasteiger partial charge in [0.2, 0.25) is 10.0 Å². The highest BCUT2D eigenvalue weighted by Gasteiger charge is 2.31. The van der Waals surface area contributed by atoms with Gasteiger partial charge in [-0.3, -0.25) is 14.9 Å². The van der Waals surface area contributed by atoms with Crippen LogP contribution < -0.4 is 4.72 Å². The Bertz CT molecular complexity index is 770. The molecule has 1 N–H and O–H groups in total. The van der Waals surface area contributed by atoms with Gasteiger partial charge in [-0.2, -0.15) is 0 Å². The number of rotatable bonds is 4. The molecule has 0 aromatic heterocycles. The first-order chi connectivity index (χ1) is 10.6. The summed E-state index contributed by atoms with van der Waals surface area (Å²) in [5, 5.41) is 10.7. The second-order valence-electron chi connectivity index (χ2n) is 5.17. The molecule has 0 saturated carbocycles. The number of hydrogen-bond donors (Lipinski definition) is 1. The number of carbonyl (C=O) groups is 1. The van der Waals surface area contributed by atoms with Gasteiger partial charge in [0.15, 0.2) is 0 Å². The smallest absolute Gasteiger partial charge is 0.289 e. The van der Waals surface area contributed by atoms with Crippen LogP contribution in [0.5, 0.6) is 0 Å². The number of likely N-dealkylation sites (tertiary alicyclic amines) is 1. The molecule has 1 aromatic rings. The Morgan fingerprint density at radius 2 is 2.17 bits per heavy atom. The van der Waals surface area contributed by atoms with E-state index in [9.17, 15) is 23.3 Å². The van der Waals surface area contributed by atoms with Gasteiger partial charge in [0, 0.05) is 29.7 Å². The van der Waals surface area contributed by atoms with Gasteiger partial charge >= 0.3 is 0 Å². The summed E-state index contributed by atoms with van der Waals surface area (Å²) in [7, 11) is -3.36. The topological polar surface area (TPSA) is 110 Å². The van der Waals surface area contributed by atoms with E-state index >= 15 is 0 Å². The van der Waals surface area contributed by atoms with Gasteiger partial charge in [0.1, 0.15) is 5.02 Å². The number of nitrogens with zero attached hydrogens (tertiary/aromatic N) is 2. The fourth-order valence-electron chi connectivity index (χ4n) is 2.38. The largest absolute Gasteiger partial charge is 0.337 e. The molecule has 1 amide bonds. The Balaban J connectivity index is 2.24. The van der Waals surface area contributed by atoms with E-state index in [0.717, 1.165) is 6.26 Å².